The number of hydrogen-bond acceptors (Lipinski definition) is 4. The van der Waals surface area contributed by atoms with Crippen LogP contribution in [0.1, 0.15) is 19.3 Å². The molecule has 2 atom stereocenters. The fourth-order valence-electron chi connectivity index (χ4n) is 1.83. The lowest BCUT2D eigenvalue weighted by atomic mass is 10.3. The van der Waals surface area contributed by atoms with E-state index in [9.17, 15) is 4.79 Å². The summed E-state index contributed by atoms with van der Waals surface area (Å²) in [6, 6.07) is 9.02. The average molecular weight is 221 g/mol. The predicted molar refractivity (Wildman–Crippen MR) is 59.2 cm³/mol. The second-order valence-electron chi connectivity index (χ2n) is 3.98. The van der Waals surface area contributed by atoms with Crippen LogP contribution < -0.4 is 10.5 Å². The van der Waals surface area contributed by atoms with E-state index in [-0.39, 0.29) is 12.1 Å². The van der Waals surface area contributed by atoms with Gasteiger partial charge in [-0.05, 0) is 31.4 Å². The number of carbonyl (C=O) groups excluding carboxylic acids is 1. The van der Waals surface area contributed by atoms with E-state index in [4.69, 9.17) is 15.2 Å². The summed E-state index contributed by atoms with van der Waals surface area (Å²) >= 11 is 0. The number of ether oxygens (including phenoxy) is 2. The highest BCUT2D eigenvalue weighted by Gasteiger charge is 2.25. The molecule has 1 aliphatic carbocycles. The Kier molecular flexibility index (Phi) is 3.41. The van der Waals surface area contributed by atoms with Gasteiger partial charge in [-0.25, -0.2) is 4.79 Å². The van der Waals surface area contributed by atoms with Crippen molar-refractivity contribution in [2.45, 2.75) is 31.4 Å². The van der Waals surface area contributed by atoms with Crippen LogP contribution in [0.4, 0.5) is 4.79 Å². The minimum absolute atomic E-state index is 0.0915. The zero-order valence-electron chi connectivity index (χ0n) is 8.96. The largest absolute Gasteiger partial charge is 0.514 e. The summed E-state index contributed by atoms with van der Waals surface area (Å²) in [6.07, 6.45) is 1.72. The molecule has 0 aromatic heterocycles. The normalized spacial score (nSPS) is 24.1. The van der Waals surface area contributed by atoms with Crippen LogP contribution in [0.3, 0.4) is 0 Å². The van der Waals surface area contributed by atoms with Crippen LogP contribution in [0.2, 0.25) is 0 Å². The van der Waals surface area contributed by atoms with Crippen LogP contribution in [0.15, 0.2) is 30.3 Å². The molecule has 16 heavy (non-hydrogen) atoms. The minimum Gasteiger partial charge on any atom is -0.431 e. The van der Waals surface area contributed by atoms with Crippen molar-refractivity contribution in [3.8, 4) is 5.75 Å². The number of rotatable bonds is 2. The second kappa shape index (κ2) is 4.99. The molecular formula is C12H15NO3. The summed E-state index contributed by atoms with van der Waals surface area (Å²) < 4.78 is 10.2. The molecule has 0 spiro atoms. The van der Waals surface area contributed by atoms with Gasteiger partial charge in [0.1, 0.15) is 11.9 Å². The van der Waals surface area contributed by atoms with Gasteiger partial charge in [-0.3, -0.25) is 0 Å². The number of nitrogens with two attached hydrogens (primary N) is 1. The summed E-state index contributed by atoms with van der Waals surface area (Å²) in [6.45, 7) is 0. The maximum atomic E-state index is 11.4. The van der Waals surface area contributed by atoms with Crippen LogP contribution in [0.25, 0.3) is 0 Å². The highest BCUT2D eigenvalue weighted by molar-refractivity contribution is 5.63. The van der Waals surface area contributed by atoms with Gasteiger partial charge in [-0.2, -0.15) is 0 Å². The predicted octanol–water partition coefficient (Wildman–Crippen LogP) is 2.08. The molecule has 1 aromatic rings. The van der Waals surface area contributed by atoms with Gasteiger partial charge in [-0.15, -0.1) is 0 Å². The van der Waals surface area contributed by atoms with E-state index in [1.807, 2.05) is 6.07 Å². The van der Waals surface area contributed by atoms with Gasteiger partial charge in [0.15, 0.2) is 0 Å². The second-order valence-corrected chi connectivity index (χ2v) is 3.98. The molecule has 0 amide bonds. The third-order valence-corrected chi connectivity index (χ3v) is 2.63. The van der Waals surface area contributed by atoms with Crippen molar-refractivity contribution in [2.24, 2.45) is 5.73 Å². The molecule has 1 saturated carbocycles. The Balaban J connectivity index is 1.81. The summed E-state index contributed by atoms with van der Waals surface area (Å²) in [5.74, 6) is 0.495. The quantitative estimate of drug-likeness (QED) is 0.613. The SMILES string of the molecule is NC1CCC(OC(=O)Oc2ccccc2)C1. The van der Waals surface area contributed by atoms with Crippen molar-refractivity contribution in [1.82, 2.24) is 0 Å². The van der Waals surface area contributed by atoms with E-state index in [0.717, 1.165) is 19.3 Å². The minimum atomic E-state index is -0.648. The molecule has 0 aliphatic heterocycles. The van der Waals surface area contributed by atoms with E-state index in [1.165, 1.54) is 0 Å². The fraction of sp³-hybridized carbons (Fsp3) is 0.417. The first-order valence-electron chi connectivity index (χ1n) is 5.43. The summed E-state index contributed by atoms with van der Waals surface area (Å²) in [5.41, 5.74) is 5.72. The summed E-state index contributed by atoms with van der Waals surface area (Å²) in [5, 5.41) is 0. The summed E-state index contributed by atoms with van der Waals surface area (Å²) in [7, 11) is 0. The molecule has 0 heterocycles. The van der Waals surface area contributed by atoms with Gasteiger partial charge in [0, 0.05) is 6.04 Å². The van der Waals surface area contributed by atoms with Gasteiger partial charge in [0.05, 0.1) is 0 Å². The first-order chi connectivity index (χ1) is 7.74. The molecule has 0 saturated heterocycles. The van der Waals surface area contributed by atoms with Gasteiger partial charge >= 0.3 is 6.16 Å². The third-order valence-electron chi connectivity index (χ3n) is 2.63. The number of carbonyl (C=O) groups is 1. The third kappa shape index (κ3) is 2.97. The van der Waals surface area contributed by atoms with Gasteiger partial charge in [-0.1, -0.05) is 18.2 Å². The highest BCUT2D eigenvalue weighted by atomic mass is 16.7. The molecule has 2 rings (SSSR count). The Morgan fingerprint density at radius 2 is 2.00 bits per heavy atom. The first kappa shape index (κ1) is 11.0. The molecule has 86 valence electrons. The molecular weight excluding hydrogens is 206 g/mol. The molecule has 0 bridgehead atoms. The lowest BCUT2D eigenvalue weighted by Crippen LogP contribution is -2.21. The van der Waals surface area contributed by atoms with Crippen molar-refractivity contribution in [3.05, 3.63) is 30.3 Å². The van der Waals surface area contributed by atoms with Crippen LogP contribution in [0, 0.1) is 0 Å². The zero-order chi connectivity index (χ0) is 11.4. The smallest absolute Gasteiger partial charge is 0.431 e. The molecule has 4 nitrogen and oxygen atoms in total. The van der Waals surface area contributed by atoms with Crippen LogP contribution in [-0.2, 0) is 4.74 Å². The van der Waals surface area contributed by atoms with E-state index < -0.39 is 6.16 Å². The monoisotopic (exact) mass is 221 g/mol. The van der Waals surface area contributed by atoms with Crippen molar-refractivity contribution < 1.29 is 14.3 Å². The molecule has 4 heteroatoms. The number of para-hydroxylation sites is 1. The van der Waals surface area contributed by atoms with Gasteiger partial charge in [0.25, 0.3) is 0 Å². The van der Waals surface area contributed by atoms with E-state index in [1.54, 1.807) is 24.3 Å². The Labute approximate surface area is 94.3 Å². The average Bonchev–Trinajstić information content (AvgIpc) is 2.65. The molecule has 1 aromatic carbocycles. The van der Waals surface area contributed by atoms with Gasteiger partial charge in [0.2, 0.25) is 0 Å². The maximum Gasteiger partial charge on any atom is 0.514 e. The number of hydrogen-bond donors (Lipinski definition) is 1. The maximum absolute atomic E-state index is 11.4. The lowest BCUT2D eigenvalue weighted by Gasteiger charge is -2.11. The standard InChI is InChI=1S/C12H15NO3/c13-9-6-7-11(8-9)16-12(14)15-10-4-2-1-3-5-10/h1-5,9,11H,6-8,13H2. The molecule has 1 aliphatic rings. The van der Waals surface area contributed by atoms with Crippen molar-refractivity contribution in [1.29, 1.82) is 0 Å². The Hall–Kier alpha value is -1.55. The Bertz CT molecular complexity index is 353. The highest BCUT2D eigenvalue weighted by Crippen LogP contribution is 2.21. The lowest BCUT2D eigenvalue weighted by molar-refractivity contribution is 0.0608. The van der Waals surface area contributed by atoms with Gasteiger partial charge < -0.3 is 15.2 Å². The van der Waals surface area contributed by atoms with Crippen LogP contribution in [-0.4, -0.2) is 18.3 Å². The molecule has 2 unspecified atom stereocenters. The number of benzene rings is 1. The Morgan fingerprint density at radius 1 is 1.25 bits per heavy atom. The summed E-state index contributed by atoms with van der Waals surface area (Å²) in [4.78, 5) is 11.4. The van der Waals surface area contributed by atoms with E-state index in [2.05, 4.69) is 0 Å². The molecule has 2 N–H and O–H groups in total. The topological polar surface area (TPSA) is 61.5 Å². The van der Waals surface area contributed by atoms with Crippen LogP contribution in [0.5, 0.6) is 5.75 Å². The Morgan fingerprint density at radius 3 is 2.62 bits per heavy atom. The van der Waals surface area contributed by atoms with Crippen molar-refractivity contribution >= 4 is 6.16 Å². The van der Waals surface area contributed by atoms with E-state index in [0.29, 0.717) is 5.75 Å². The molecule has 1 fully saturated rings. The van der Waals surface area contributed by atoms with Crippen LogP contribution >= 0.6 is 0 Å². The van der Waals surface area contributed by atoms with Crippen molar-refractivity contribution in [3.63, 3.8) is 0 Å². The zero-order valence-corrected chi connectivity index (χ0v) is 8.96. The fourth-order valence-corrected chi connectivity index (χ4v) is 1.83. The molecule has 0 radical (unpaired) electrons. The first-order valence-corrected chi connectivity index (χ1v) is 5.43. The van der Waals surface area contributed by atoms with Crippen molar-refractivity contribution in [2.75, 3.05) is 0 Å². The van der Waals surface area contributed by atoms with E-state index >= 15 is 0 Å².